The van der Waals surface area contributed by atoms with Crippen LogP contribution < -0.4 is 10.1 Å². The Balaban J connectivity index is 1.13. The van der Waals surface area contributed by atoms with Crippen LogP contribution >= 0.6 is 23.2 Å². The molecule has 6 rings (SSSR count). The summed E-state index contributed by atoms with van der Waals surface area (Å²) < 4.78 is 42.5. The highest BCUT2D eigenvalue weighted by atomic mass is 35.5. The molecule has 50 heavy (non-hydrogen) atoms. The summed E-state index contributed by atoms with van der Waals surface area (Å²) in [5.41, 5.74) is 2.61. The first-order valence-corrected chi connectivity index (χ1v) is 18.9. The Kier molecular flexibility index (Phi) is 11.3. The first-order valence-electron chi connectivity index (χ1n) is 16.7. The zero-order valence-electron chi connectivity index (χ0n) is 28.0. The Labute approximate surface area is 301 Å². The molecule has 0 bridgehead atoms. The van der Waals surface area contributed by atoms with Crippen LogP contribution in [0.15, 0.2) is 60.0 Å². The van der Waals surface area contributed by atoms with Gasteiger partial charge in [0.1, 0.15) is 35.4 Å². The largest absolute Gasteiger partial charge is 0.487 e. The van der Waals surface area contributed by atoms with Crippen molar-refractivity contribution in [2.75, 3.05) is 39.3 Å². The number of rotatable bonds is 12. The van der Waals surface area contributed by atoms with E-state index in [1.54, 1.807) is 18.6 Å². The summed E-state index contributed by atoms with van der Waals surface area (Å²) in [6.07, 6.45) is 8.00. The summed E-state index contributed by atoms with van der Waals surface area (Å²) in [7, 11) is -4.16. The predicted molar refractivity (Wildman–Crippen MR) is 190 cm³/mol. The van der Waals surface area contributed by atoms with Gasteiger partial charge in [0.15, 0.2) is 0 Å². The maximum absolute atomic E-state index is 14.1. The van der Waals surface area contributed by atoms with Gasteiger partial charge in [-0.3, -0.25) is 14.5 Å². The van der Waals surface area contributed by atoms with Crippen LogP contribution in [-0.2, 0) is 31.0 Å². The third kappa shape index (κ3) is 7.92. The van der Waals surface area contributed by atoms with Crippen LogP contribution in [0.5, 0.6) is 5.75 Å². The molecule has 0 aliphatic carbocycles. The van der Waals surface area contributed by atoms with Crippen molar-refractivity contribution in [3.63, 3.8) is 0 Å². The van der Waals surface area contributed by atoms with Crippen molar-refractivity contribution in [2.45, 2.75) is 57.1 Å². The average molecular weight is 744 g/mol. The number of amides is 1. The second kappa shape index (κ2) is 15.6. The summed E-state index contributed by atoms with van der Waals surface area (Å²) in [6, 6.07) is 9.58. The van der Waals surface area contributed by atoms with Crippen molar-refractivity contribution >= 4 is 56.0 Å². The molecule has 4 heterocycles. The minimum atomic E-state index is -4.16. The molecule has 0 saturated carbocycles. The van der Waals surface area contributed by atoms with Crippen LogP contribution in [0.4, 0.5) is 0 Å². The van der Waals surface area contributed by atoms with Gasteiger partial charge in [-0.15, -0.1) is 0 Å². The molecule has 1 atom stereocenters. The van der Waals surface area contributed by atoms with E-state index in [0.717, 1.165) is 42.7 Å². The minimum Gasteiger partial charge on any atom is -0.487 e. The van der Waals surface area contributed by atoms with Crippen LogP contribution in [0.25, 0.3) is 16.6 Å². The number of piperidine rings is 1. The lowest BCUT2D eigenvalue weighted by Crippen LogP contribution is -2.47. The number of ether oxygens (including phenoxy) is 2. The molecule has 2 aliphatic heterocycles. The van der Waals surface area contributed by atoms with E-state index >= 15 is 0 Å². The monoisotopic (exact) mass is 742 g/mol. The van der Waals surface area contributed by atoms with Crippen LogP contribution in [0.1, 0.15) is 43.9 Å². The lowest BCUT2D eigenvalue weighted by atomic mass is 9.96. The number of pyridine rings is 1. The smallest absolute Gasteiger partial charge is 0.302 e. The second-order valence-corrected chi connectivity index (χ2v) is 15.3. The maximum atomic E-state index is 14.1. The Bertz CT molecular complexity index is 1970. The number of carbonyl (C=O) groups excluding carboxylic acids is 2. The van der Waals surface area contributed by atoms with Crippen molar-refractivity contribution in [1.82, 2.24) is 29.1 Å². The molecule has 2 aromatic heterocycles. The SMILES string of the molecule is CC(=O)OCCN1CCC(CNC(=O)[C@@H]2CCCN2S(=O)(=O)c2ccc(Cl)c(COc3cccc4c(-n5ccnc5)cc(C)nc34)c2Cl)CC1. The molecule has 2 saturated heterocycles. The molecule has 2 aliphatic rings. The summed E-state index contributed by atoms with van der Waals surface area (Å²) in [6.45, 7) is 6.59. The molecule has 1 N–H and O–H groups in total. The molecule has 266 valence electrons. The van der Waals surface area contributed by atoms with E-state index < -0.39 is 16.1 Å². The fraction of sp³-hybridized carbons (Fsp3) is 0.429. The van der Waals surface area contributed by atoms with E-state index in [1.807, 2.05) is 35.9 Å². The lowest BCUT2D eigenvalue weighted by molar-refractivity contribution is -0.141. The Morgan fingerprint density at radius 1 is 1.08 bits per heavy atom. The molecule has 1 amide bonds. The van der Waals surface area contributed by atoms with E-state index in [2.05, 4.69) is 15.2 Å². The molecule has 15 heteroatoms. The minimum absolute atomic E-state index is 0.0486. The number of esters is 1. The average Bonchev–Trinajstić information content (AvgIpc) is 3.81. The van der Waals surface area contributed by atoms with Crippen LogP contribution in [0, 0.1) is 12.8 Å². The number of carbonyl (C=O) groups is 2. The quantitative estimate of drug-likeness (QED) is 0.195. The predicted octanol–water partition coefficient (Wildman–Crippen LogP) is 5.16. The van der Waals surface area contributed by atoms with Crippen molar-refractivity contribution in [3.05, 3.63) is 76.4 Å². The number of aromatic nitrogens is 3. The number of halogens is 2. The molecule has 0 unspecified atom stereocenters. The number of para-hydroxylation sites is 1. The second-order valence-electron chi connectivity index (χ2n) is 12.7. The van der Waals surface area contributed by atoms with E-state index in [-0.39, 0.29) is 45.9 Å². The van der Waals surface area contributed by atoms with Crippen molar-refractivity contribution in [1.29, 1.82) is 0 Å². The summed E-state index contributed by atoms with van der Waals surface area (Å²) in [5.74, 6) is 0.161. The highest BCUT2D eigenvalue weighted by Gasteiger charge is 2.41. The molecular formula is C35H40Cl2N6O6S. The first-order chi connectivity index (χ1) is 24.0. The number of fused-ring (bicyclic) bond motifs is 1. The van der Waals surface area contributed by atoms with Gasteiger partial charge in [-0.05, 0) is 75.9 Å². The van der Waals surface area contributed by atoms with Gasteiger partial charge in [0.05, 0.1) is 17.0 Å². The fourth-order valence-corrected chi connectivity index (χ4v) is 9.15. The number of imidazole rings is 1. The van der Waals surface area contributed by atoms with Gasteiger partial charge in [0.2, 0.25) is 15.9 Å². The van der Waals surface area contributed by atoms with Gasteiger partial charge >= 0.3 is 5.97 Å². The Hall–Kier alpha value is -3.75. The normalized spacial score (nSPS) is 17.6. The number of likely N-dealkylation sites (tertiary alicyclic amines) is 1. The summed E-state index contributed by atoms with van der Waals surface area (Å²) in [4.78, 5) is 35.4. The van der Waals surface area contributed by atoms with Crippen LogP contribution in [0.2, 0.25) is 10.0 Å². The molecule has 2 aromatic carbocycles. The molecule has 0 radical (unpaired) electrons. The number of benzene rings is 2. The van der Waals surface area contributed by atoms with Gasteiger partial charge in [0.25, 0.3) is 0 Å². The van der Waals surface area contributed by atoms with Crippen LogP contribution in [-0.4, -0.2) is 89.4 Å². The van der Waals surface area contributed by atoms with Gasteiger partial charge in [-0.2, -0.15) is 4.31 Å². The van der Waals surface area contributed by atoms with Crippen LogP contribution in [0.3, 0.4) is 0 Å². The Morgan fingerprint density at radius 3 is 2.62 bits per heavy atom. The van der Waals surface area contributed by atoms with E-state index in [0.29, 0.717) is 49.4 Å². The van der Waals surface area contributed by atoms with Gasteiger partial charge in [-0.25, -0.2) is 18.4 Å². The number of aryl methyl sites for hydroxylation is 1. The molecule has 4 aromatic rings. The molecule has 2 fully saturated rings. The van der Waals surface area contributed by atoms with Gasteiger partial charge in [0, 0.05) is 60.6 Å². The maximum Gasteiger partial charge on any atom is 0.302 e. The third-order valence-corrected chi connectivity index (χ3v) is 12.1. The third-order valence-electron chi connectivity index (χ3n) is 9.29. The standard InChI is InChI=1S/C35H40Cl2N6O6S/c1-23-19-30(42-16-12-38-22-42)26-5-3-7-31(34(26)40-23)49-21-27-28(36)8-9-32(33(27)37)50(46,47)43-13-4-6-29(43)35(45)39-20-25-10-14-41(15-11-25)17-18-48-24(2)44/h3,5,7-9,12,16,19,22,25,29H,4,6,10-11,13-15,17-18,20-21H2,1-2H3,(H,39,45)/t29-/m0/s1. The van der Waals surface area contributed by atoms with Gasteiger partial charge < -0.3 is 19.4 Å². The molecule has 0 spiro atoms. The van der Waals surface area contributed by atoms with Crippen molar-refractivity contribution < 1.29 is 27.5 Å². The molecule has 12 nitrogen and oxygen atoms in total. The zero-order valence-corrected chi connectivity index (χ0v) is 30.3. The summed E-state index contributed by atoms with van der Waals surface area (Å²) in [5, 5.41) is 4.06. The summed E-state index contributed by atoms with van der Waals surface area (Å²) >= 11 is 13.4. The number of hydrogen-bond acceptors (Lipinski definition) is 9. The highest BCUT2D eigenvalue weighted by molar-refractivity contribution is 7.89. The number of nitrogens with one attached hydrogen (secondary N) is 1. The number of sulfonamides is 1. The first kappa shape index (κ1) is 36.1. The van der Waals surface area contributed by atoms with E-state index in [4.69, 9.17) is 37.7 Å². The van der Waals surface area contributed by atoms with E-state index in [9.17, 15) is 18.0 Å². The lowest BCUT2D eigenvalue weighted by Gasteiger charge is -2.32. The van der Waals surface area contributed by atoms with Gasteiger partial charge in [-0.1, -0.05) is 35.3 Å². The Morgan fingerprint density at radius 2 is 1.88 bits per heavy atom. The number of hydrogen-bond donors (Lipinski definition) is 1. The number of nitrogens with zero attached hydrogens (tertiary/aromatic N) is 5. The fourth-order valence-electron chi connectivity index (χ4n) is 6.63. The zero-order chi connectivity index (χ0) is 35.4. The van der Waals surface area contributed by atoms with Crippen molar-refractivity contribution in [3.8, 4) is 11.4 Å². The topological polar surface area (TPSA) is 136 Å². The highest BCUT2D eigenvalue weighted by Crippen LogP contribution is 2.37. The van der Waals surface area contributed by atoms with Crippen molar-refractivity contribution in [2.24, 2.45) is 5.92 Å². The van der Waals surface area contributed by atoms with E-state index in [1.165, 1.54) is 23.4 Å². The molecular weight excluding hydrogens is 703 g/mol.